The molecule has 0 spiro atoms. The summed E-state index contributed by atoms with van der Waals surface area (Å²) < 4.78 is 0. The summed E-state index contributed by atoms with van der Waals surface area (Å²) in [7, 11) is 4.01. The first-order valence-corrected chi connectivity index (χ1v) is 6.39. The Morgan fingerprint density at radius 2 is 2.18 bits per heavy atom. The maximum atomic E-state index is 11.8. The van der Waals surface area contributed by atoms with Crippen molar-refractivity contribution < 1.29 is 9.59 Å². The summed E-state index contributed by atoms with van der Waals surface area (Å²) >= 11 is 5.44. The van der Waals surface area contributed by atoms with Gasteiger partial charge in [-0.05, 0) is 26.9 Å². The average molecular weight is 262 g/mol. The van der Waals surface area contributed by atoms with Crippen molar-refractivity contribution in [1.82, 2.24) is 15.1 Å². The summed E-state index contributed by atoms with van der Waals surface area (Å²) in [5, 5.41) is 2.36. The number of hydrogen-bond acceptors (Lipinski definition) is 3. The van der Waals surface area contributed by atoms with Crippen molar-refractivity contribution in [2.75, 3.05) is 33.1 Å². The minimum atomic E-state index is -0.308. The number of alkyl halides is 1. The first-order chi connectivity index (χ1) is 8.04. The lowest BCUT2D eigenvalue weighted by Gasteiger charge is -2.35. The Bertz CT molecular complexity index is 284. The van der Waals surface area contributed by atoms with Crippen molar-refractivity contribution >= 4 is 23.5 Å². The molecule has 1 N–H and O–H groups in total. The second kappa shape index (κ2) is 6.81. The highest BCUT2D eigenvalue weighted by Crippen LogP contribution is 2.13. The van der Waals surface area contributed by atoms with Crippen LogP contribution in [-0.2, 0) is 4.79 Å². The van der Waals surface area contributed by atoms with Gasteiger partial charge in [-0.2, -0.15) is 0 Å². The quantitative estimate of drug-likeness (QED) is 0.768. The highest BCUT2D eigenvalue weighted by Gasteiger charge is 2.25. The smallest absolute Gasteiger partial charge is 0.323 e. The lowest BCUT2D eigenvalue weighted by atomic mass is 10.1. The lowest BCUT2D eigenvalue weighted by Crippen LogP contribution is -2.51. The van der Waals surface area contributed by atoms with E-state index in [1.165, 1.54) is 0 Å². The number of likely N-dealkylation sites (N-methyl/N-ethyl adjacent to an activating group) is 1. The van der Waals surface area contributed by atoms with Crippen LogP contribution in [0.4, 0.5) is 4.79 Å². The fourth-order valence-electron chi connectivity index (χ4n) is 1.91. The number of nitrogens with one attached hydrogen (secondary N) is 1. The van der Waals surface area contributed by atoms with Gasteiger partial charge in [0.1, 0.15) is 0 Å². The van der Waals surface area contributed by atoms with Crippen LogP contribution in [-0.4, -0.2) is 60.8 Å². The molecule has 0 aromatic rings. The number of halogens is 1. The van der Waals surface area contributed by atoms with Crippen LogP contribution in [0.5, 0.6) is 0 Å². The molecule has 17 heavy (non-hydrogen) atoms. The van der Waals surface area contributed by atoms with E-state index < -0.39 is 0 Å². The van der Waals surface area contributed by atoms with Crippen molar-refractivity contribution in [3.8, 4) is 0 Å². The van der Waals surface area contributed by atoms with Gasteiger partial charge in [-0.1, -0.05) is 0 Å². The zero-order chi connectivity index (χ0) is 12.8. The summed E-state index contributed by atoms with van der Waals surface area (Å²) in [6.45, 7) is 1.39. The maximum Gasteiger partial charge on any atom is 0.324 e. The molecule has 0 aliphatic carbocycles. The highest BCUT2D eigenvalue weighted by atomic mass is 35.5. The van der Waals surface area contributed by atoms with Gasteiger partial charge in [-0.15, -0.1) is 11.6 Å². The number of hydrogen-bond donors (Lipinski definition) is 1. The van der Waals surface area contributed by atoms with Crippen LogP contribution in [0.25, 0.3) is 0 Å². The molecule has 1 atom stereocenters. The van der Waals surface area contributed by atoms with E-state index in [0.717, 1.165) is 12.8 Å². The fourth-order valence-corrected chi connectivity index (χ4v) is 2.08. The number of carbonyl (C=O) groups is 2. The Kier molecular flexibility index (Phi) is 5.71. The number of carbonyl (C=O) groups excluding carboxylic acids is 2. The Hall–Kier alpha value is -0.810. The second-order valence-electron chi connectivity index (χ2n) is 4.50. The number of piperidine rings is 1. The lowest BCUT2D eigenvalue weighted by molar-refractivity contribution is -0.119. The molecule has 6 heteroatoms. The molecule has 0 saturated carbocycles. The van der Waals surface area contributed by atoms with Crippen molar-refractivity contribution in [3.05, 3.63) is 0 Å². The number of likely N-dealkylation sites (tertiary alicyclic amines) is 1. The fraction of sp³-hybridized carbons (Fsp3) is 0.818. The van der Waals surface area contributed by atoms with Gasteiger partial charge in [0.15, 0.2) is 0 Å². The largest absolute Gasteiger partial charge is 0.324 e. The molecule has 1 saturated heterocycles. The van der Waals surface area contributed by atoms with Crippen molar-refractivity contribution in [1.29, 1.82) is 0 Å². The second-order valence-corrected chi connectivity index (χ2v) is 4.88. The van der Waals surface area contributed by atoms with E-state index >= 15 is 0 Å². The van der Waals surface area contributed by atoms with Gasteiger partial charge in [0.2, 0.25) is 5.91 Å². The number of urea groups is 1. The highest BCUT2D eigenvalue weighted by molar-refractivity contribution is 6.19. The Morgan fingerprint density at radius 1 is 1.47 bits per heavy atom. The summed E-state index contributed by atoms with van der Waals surface area (Å²) in [6.07, 6.45) is 2.24. The molecule has 0 bridgehead atoms. The van der Waals surface area contributed by atoms with Gasteiger partial charge in [0, 0.05) is 31.4 Å². The summed E-state index contributed by atoms with van der Waals surface area (Å²) in [5.74, 6) is -0.0728. The molecule has 5 nitrogen and oxygen atoms in total. The van der Waals surface area contributed by atoms with Crippen molar-refractivity contribution in [2.45, 2.75) is 25.3 Å². The Balaban J connectivity index is 2.43. The minimum Gasteiger partial charge on any atom is -0.323 e. The zero-order valence-electron chi connectivity index (χ0n) is 10.4. The van der Waals surface area contributed by atoms with Gasteiger partial charge >= 0.3 is 6.03 Å². The van der Waals surface area contributed by atoms with Crippen LogP contribution < -0.4 is 5.32 Å². The number of amides is 3. The van der Waals surface area contributed by atoms with E-state index in [0.29, 0.717) is 19.1 Å². The topological polar surface area (TPSA) is 52.6 Å². The molecule has 1 heterocycles. The van der Waals surface area contributed by atoms with Gasteiger partial charge in [-0.3, -0.25) is 10.1 Å². The van der Waals surface area contributed by atoms with E-state index in [1.54, 1.807) is 4.90 Å². The van der Waals surface area contributed by atoms with Crippen LogP contribution in [0.2, 0.25) is 0 Å². The summed E-state index contributed by atoms with van der Waals surface area (Å²) in [6, 6.07) is 0.0734. The van der Waals surface area contributed by atoms with Crippen LogP contribution in [0.1, 0.15) is 19.3 Å². The van der Waals surface area contributed by atoms with Crippen LogP contribution in [0, 0.1) is 0 Å². The molecule has 1 unspecified atom stereocenters. The van der Waals surface area contributed by atoms with Gasteiger partial charge < -0.3 is 9.80 Å². The predicted octanol–water partition coefficient (Wildman–Crippen LogP) is 0.877. The van der Waals surface area contributed by atoms with E-state index in [2.05, 4.69) is 10.2 Å². The van der Waals surface area contributed by atoms with E-state index in [1.807, 2.05) is 14.1 Å². The first-order valence-electron chi connectivity index (χ1n) is 5.85. The number of imide groups is 1. The third-order valence-corrected chi connectivity index (χ3v) is 3.17. The summed E-state index contributed by atoms with van der Waals surface area (Å²) in [4.78, 5) is 26.8. The molecular formula is C11H20ClN3O2. The zero-order valence-corrected chi connectivity index (χ0v) is 11.2. The Labute approximate surface area is 107 Å². The predicted molar refractivity (Wildman–Crippen MR) is 67.2 cm³/mol. The van der Waals surface area contributed by atoms with E-state index in [9.17, 15) is 9.59 Å². The molecule has 1 aliphatic heterocycles. The normalized spacial score (nSPS) is 20.5. The molecule has 1 rings (SSSR count). The number of nitrogens with zero attached hydrogens (tertiary/aromatic N) is 2. The molecule has 1 aliphatic rings. The molecule has 0 radical (unpaired) electrons. The van der Waals surface area contributed by atoms with E-state index in [-0.39, 0.29) is 24.2 Å². The summed E-state index contributed by atoms with van der Waals surface area (Å²) in [5.41, 5.74) is 0. The third kappa shape index (κ3) is 4.52. The molecule has 1 fully saturated rings. The van der Waals surface area contributed by atoms with Crippen molar-refractivity contribution in [2.24, 2.45) is 0 Å². The monoisotopic (exact) mass is 261 g/mol. The van der Waals surface area contributed by atoms with Crippen LogP contribution in [0.15, 0.2) is 0 Å². The maximum absolute atomic E-state index is 11.8. The molecule has 98 valence electrons. The molecule has 3 amide bonds. The van der Waals surface area contributed by atoms with Gasteiger partial charge in [0.05, 0.1) is 0 Å². The number of rotatable bonds is 3. The standard InChI is InChI=1S/C11H20ClN3O2/c1-14(2)9-4-3-7-15(8-9)11(17)13-10(16)5-6-12/h9H,3-8H2,1-2H3,(H,13,16,17). The van der Waals surface area contributed by atoms with Gasteiger partial charge in [0.25, 0.3) is 0 Å². The SMILES string of the molecule is CN(C)C1CCCN(C(=O)NC(=O)CCCl)C1. The van der Waals surface area contributed by atoms with Crippen LogP contribution >= 0.6 is 11.6 Å². The average Bonchev–Trinajstić information content (AvgIpc) is 2.29. The van der Waals surface area contributed by atoms with Crippen LogP contribution in [0.3, 0.4) is 0 Å². The molecule has 0 aromatic heterocycles. The first kappa shape index (κ1) is 14.3. The Morgan fingerprint density at radius 3 is 2.76 bits per heavy atom. The third-order valence-electron chi connectivity index (χ3n) is 2.98. The molecular weight excluding hydrogens is 242 g/mol. The van der Waals surface area contributed by atoms with Gasteiger partial charge in [-0.25, -0.2) is 4.79 Å². The minimum absolute atomic E-state index is 0.179. The van der Waals surface area contributed by atoms with Crippen molar-refractivity contribution in [3.63, 3.8) is 0 Å². The van der Waals surface area contributed by atoms with E-state index in [4.69, 9.17) is 11.6 Å². The molecule has 0 aromatic carbocycles.